The summed E-state index contributed by atoms with van der Waals surface area (Å²) in [5.41, 5.74) is 6.15. The second-order valence-corrected chi connectivity index (χ2v) is 6.08. The summed E-state index contributed by atoms with van der Waals surface area (Å²) in [5, 5.41) is 8.69. The third kappa shape index (κ3) is 3.12. The molecule has 0 atom stereocenters. The number of benzene rings is 2. The van der Waals surface area contributed by atoms with Gasteiger partial charge in [-0.05, 0) is 48.9 Å². The van der Waals surface area contributed by atoms with E-state index in [1.54, 1.807) is 0 Å². The summed E-state index contributed by atoms with van der Waals surface area (Å²) in [7, 11) is -3.88. The average molecular weight is 305 g/mol. The molecular formula is C14H12FN3O2S. The van der Waals surface area contributed by atoms with E-state index in [4.69, 9.17) is 11.0 Å². The number of halogens is 1. The molecule has 0 fully saturated rings. The van der Waals surface area contributed by atoms with Crippen LogP contribution in [-0.4, -0.2) is 8.42 Å². The SMILES string of the molecule is Cc1cc(F)c(N)cc1S(=O)(=O)Nc1ccc(C#N)cc1. The van der Waals surface area contributed by atoms with Gasteiger partial charge in [-0.3, -0.25) is 4.72 Å². The summed E-state index contributed by atoms with van der Waals surface area (Å²) >= 11 is 0. The van der Waals surface area contributed by atoms with E-state index in [2.05, 4.69) is 4.72 Å². The molecule has 0 saturated carbocycles. The minimum Gasteiger partial charge on any atom is -0.396 e. The fourth-order valence-electron chi connectivity index (χ4n) is 1.78. The van der Waals surface area contributed by atoms with Crippen LogP contribution in [0.1, 0.15) is 11.1 Å². The van der Waals surface area contributed by atoms with Crippen LogP contribution in [0, 0.1) is 24.1 Å². The lowest BCUT2D eigenvalue weighted by atomic mass is 10.2. The van der Waals surface area contributed by atoms with Gasteiger partial charge in [0.05, 0.1) is 22.2 Å². The fourth-order valence-corrected chi connectivity index (χ4v) is 3.10. The highest BCUT2D eigenvalue weighted by Crippen LogP contribution is 2.24. The molecule has 0 bridgehead atoms. The molecule has 0 aliphatic heterocycles. The van der Waals surface area contributed by atoms with Gasteiger partial charge >= 0.3 is 0 Å². The molecule has 0 saturated heterocycles. The number of hydrogen-bond donors (Lipinski definition) is 2. The number of nitrogens with zero attached hydrogens (tertiary/aromatic N) is 1. The highest BCUT2D eigenvalue weighted by Gasteiger charge is 2.19. The molecule has 0 aliphatic carbocycles. The van der Waals surface area contributed by atoms with Gasteiger partial charge in [0.25, 0.3) is 10.0 Å². The molecule has 0 spiro atoms. The van der Waals surface area contributed by atoms with Crippen molar-refractivity contribution in [3.63, 3.8) is 0 Å². The van der Waals surface area contributed by atoms with E-state index in [9.17, 15) is 12.8 Å². The Hall–Kier alpha value is -2.59. The van der Waals surface area contributed by atoms with Crippen LogP contribution in [0.2, 0.25) is 0 Å². The van der Waals surface area contributed by atoms with Crippen molar-refractivity contribution < 1.29 is 12.8 Å². The van der Waals surface area contributed by atoms with Gasteiger partial charge in [0.2, 0.25) is 0 Å². The summed E-state index contributed by atoms with van der Waals surface area (Å²) in [6.45, 7) is 1.48. The highest BCUT2D eigenvalue weighted by atomic mass is 32.2. The highest BCUT2D eigenvalue weighted by molar-refractivity contribution is 7.92. The number of nitrogens with two attached hydrogens (primary N) is 1. The van der Waals surface area contributed by atoms with Crippen LogP contribution in [0.15, 0.2) is 41.3 Å². The predicted molar refractivity (Wildman–Crippen MR) is 77.5 cm³/mol. The topological polar surface area (TPSA) is 96.0 Å². The monoisotopic (exact) mass is 305 g/mol. The standard InChI is InChI=1S/C14H12FN3O2S/c1-9-6-12(15)13(17)7-14(9)21(19,20)18-11-4-2-10(8-16)3-5-11/h2-7,18H,17H2,1H3. The van der Waals surface area contributed by atoms with Crippen molar-refractivity contribution in [2.24, 2.45) is 0 Å². The van der Waals surface area contributed by atoms with Gasteiger partial charge in [-0.15, -0.1) is 0 Å². The van der Waals surface area contributed by atoms with Crippen LogP contribution in [-0.2, 0) is 10.0 Å². The smallest absolute Gasteiger partial charge is 0.262 e. The van der Waals surface area contributed by atoms with Gasteiger partial charge in [0.1, 0.15) is 5.82 Å². The van der Waals surface area contributed by atoms with E-state index in [0.717, 1.165) is 12.1 Å². The van der Waals surface area contributed by atoms with Gasteiger partial charge < -0.3 is 5.73 Å². The first-order chi connectivity index (χ1) is 9.83. The number of nitrogen functional groups attached to an aromatic ring is 1. The number of aryl methyl sites for hydroxylation is 1. The van der Waals surface area contributed by atoms with Crippen molar-refractivity contribution in [3.05, 3.63) is 53.3 Å². The quantitative estimate of drug-likeness (QED) is 0.851. The molecule has 0 radical (unpaired) electrons. The van der Waals surface area contributed by atoms with Crippen molar-refractivity contribution in [2.45, 2.75) is 11.8 Å². The molecule has 0 aliphatic rings. The molecule has 0 heterocycles. The van der Waals surface area contributed by atoms with E-state index in [-0.39, 0.29) is 16.1 Å². The zero-order valence-corrected chi connectivity index (χ0v) is 11.9. The van der Waals surface area contributed by atoms with Crippen molar-refractivity contribution >= 4 is 21.4 Å². The maximum Gasteiger partial charge on any atom is 0.262 e. The number of nitriles is 1. The molecule has 3 N–H and O–H groups in total. The predicted octanol–water partition coefficient (Wildman–Crippen LogP) is 2.39. The lowest BCUT2D eigenvalue weighted by Crippen LogP contribution is -2.15. The van der Waals surface area contributed by atoms with E-state index in [1.165, 1.54) is 31.2 Å². The third-order valence-electron chi connectivity index (χ3n) is 2.85. The molecule has 7 heteroatoms. The van der Waals surface area contributed by atoms with Crippen LogP contribution >= 0.6 is 0 Å². The lowest BCUT2D eigenvalue weighted by Gasteiger charge is -2.11. The Bertz CT molecular complexity index is 825. The normalized spacial score (nSPS) is 10.9. The van der Waals surface area contributed by atoms with Crippen molar-refractivity contribution in [1.29, 1.82) is 5.26 Å². The van der Waals surface area contributed by atoms with Gasteiger partial charge in [0, 0.05) is 5.69 Å². The zero-order valence-electron chi connectivity index (χ0n) is 11.1. The fraction of sp³-hybridized carbons (Fsp3) is 0.0714. The van der Waals surface area contributed by atoms with Crippen molar-refractivity contribution in [2.75, 3.05) is 10.5 Å². The van der Waals surface area contributed by atoms with E-state index in [1.807, 2.05) is 6.07 Å². The van der Waals surface area contributed by atoms with Crippen molar-refractivity contribution in [3.8, 4) is 6.07 Å². The Labute approximate surface area is 121 Å². The number of rotatable bonds is 3. The second kappa shape index (κ2) is 5.42. The number of hydrogen-bond acceptors (Lipinski definition) is 4. The van der Waals surface area contributed by atoms with Crippen LogP contribution in [0.3, 0.4) is 0 Å². The minimum absolute atomic E-state index is 0.0919. The van der Waals surface area contributed by atoms with Crippen LogP contribution in [0.5, 0.6) is 0 Å². The Morgan fingerprint density at radius 1 is 1.24 bits per heavy atom. The maximum atomic E-state index is 13.3. The molecule has 0 unspecified atom stereocenters. The zero-order chi connectivity index (χ0) is 15.6. The molecule has 2 aromatic carbocycles. The van der Waals surface area contributed by atoms with Crippen LogP contribution in [0.4, 0.5) is 15.8 Å². The van der Waals surface area contributed by atoms with Gasteiger partial charge in [0.15, 0.2) is 0 Å². The lowest BCUT2D eigenvalue weighted by molar-refractivity contribution is 0.599. The third-order valence-corrected chi connectivity index (χ3v) is 4.37. The summed E-state index contributed by atoms with van der Waals surface area (Å²) in [6, 6.07) is 10.0. The first-order valence-electron chi connectivity index (χ1n) is 5.92. The molecule has 0 amide bonds. The Balaban J connectivity index is 2.38. The Kier molecular flexibility index (Phi) is 3.82. The average Bonchev–Trinajstić information content (AvgIpc) is 2.43. The first kappa shape index (κ1) is 14.8. The molecule has 108 valence electrons. The largest absolute Gasteiger partial charge is 0.396 e. The summed E-state index contributed by atoms with van der Waals surface area (Å²) < 4.78 is 40.2. The number of nitrogens with one attached hydrogen (secondary N) is 1. The number of anilines is 2. The second-order valence-electron chi connectivity index (χ2n) is 4.43. The van der Waals surface area contributed by atoms with Crippen LogP contribution < -0.4 is 10.5 Å². The maximum absolute atomic E-state index is 13.3. The van der Waals surface area contributed by atoms with E-state index in [0.29, 0.717) is 11.3 Å². The van der Waals surface area contributed by atoms with Gasteiger partial charge in [-0.2, -0.15) is 5.26 Å². The Morgan fingerprint density at radius 2 is 1.86 bits per heavy atom. The van der Waals surface area contributed by atoms with Crippen LogP contribution in [0.25, 0.3) is 0 Å². The molecular weight excluding hydrogens is 293 g/mol. The summed E-state index contributed by atoms with van der Waals surface area (Å²) in [4.78, 5) is -0.0919. The molecule has 21 heavy (non-hydrogen) atoms. The molecule has 2 aromatic rings. The molecule has 0 aromatic heterocycles. The van der Waals surface area contributed by atoms with Gasteiger partial charge in [-0.1, -0.05) is 0 Å². The molecule has 5 nitrogen and oxygen atoms in total. The first-order valence-corrected chi connectivity index (χ1v) is 7.40. The van der Waals surface area contributed by atoms with Gasteiger partial charge in [-0.25, -0.2) is 12.8 Å². The minimum atomic E-state index is -3.88. The Morgan fingerprint density at radius 3 is 2.43 bits per heavy atom. The number of sulfonamides is 1. The summed E-state index contributed by atoms with van der Waals surface area (Å²) in [6.07, 6.45) is 0. The summed E-state index contributed by atoms with van der Waals surface area (Å²) in [5.74, 6) is -0.662. The van der Waals surface area contributed by atoms with Crippen molar-refractivity contribution in [1.82, 2.24) is 0 Å². The molecule has 2 rings (SSSR count). The van der Waals surface area contributed by atoms with E-state index < -0.39 is 15.8 Å². The van der Waals surface area contributed by atoms with E-state index >= 15 is 0 Å².